The van der Waals surface area contributed by atoms with Crippen LogP contribution in [0.2, 0.25) is 0 Å². The monoisotopic (exact) mass is 214 g/mol. The molecule has 0 radical (unpaired) electrons. The van der Waals surface area contributed by atoms with Crippen LogP contribution in [-0.2, 0) is 13.6 Å². The quantitative estimate of drug-likeness (QED) is 0.270. The minimum Gasteiger partial charge on any atom is -0.262 e. The number of nitrogens with zero attached hydrogens (tertiary/aromatic N) is 2. The maximum Gasteiger partial charge on any atom is 0.337 e. The van der Waals surface area contributed by atoms with Gasteiger partial charge in [0.05, 0.1) is 0 Å². The maximum atomic E-state index is 11.0. The van der Waals surface area contributed by atoms with Gasteiger partial charge in [0.2, 0.25) is 0 Å². The summed E-state index contributed by atoms with van der Waals surface area (Å²) >= 11 is 0. The molecule has 0 aromatic carbocycles. The fourth-order valence-electron chi connectivity index (χ4n) is 0.341. The van der Waals surface area contributed by atoms with Crippen LogP contribution in [-0.4, -0.2) is 30.0 Å². The Bertz CT molecular complexity index is 230. The van der Waals surface area contributed by atoms with Gasteiger partial charge in [0, 0.05) is 16.5 Å². The first-order valence-electron chi connectivity index (χ1n) is 2.94. The zero-order valence-electron chi connectivity index (χ0n) is 6.61. The summed E-state index contributed by atoms with van der Waals surface area (Å²) in [5.74, 6) is 0. The van der Waals surface area contributed by atoms with E-state index in [4.69, 9.17) is 0 Å². The highest BCUT2D eigenvalue weighted by atomic mass is 31.2. The summed E-state index contributed by atoms with van der Waals surface area (Å²) in [6, 6.07) is 0. The molecule has 0 fully saturated rings. The van der Waals surface area contributed by atoms with E-state index in [0.717, 1.165) is 6.66 Å². The highest BCUT2D eigenvalue weighted by molar-refractivity contribution is 7.52. The van der Waals surface area contributed by atoms with E-state index in [-0.39, 0.29) is 0 Å². The van der Waals surface area contributed by atoms with E-state index in [0.29, 0.717) is 0 Å². The lowest BCUT2D eigenvalue weighted by atomic mass is 11.4. The summed E-state index contributed by atoms with van der Waals surface area (Å²) in [5, 5.41) is 19.5. The van der Waals surface area contributed by atoms with Crippen LogP contribution in [0.5, 0.6) is 0 Å². The van der Waals surface area contributed by atoms with Gasteiger partial charge >= 0.3 is 21.1 Å². The molecule has 0 unspecified atom stereocenters. The van der Waals surface area contributed by atoms with Gasteiger partial charge in [-0.25, -0.2) is 9.05 Å². The molecule has 0 aromatic heterocycles. The third-order valence-corrected chi connectivity index (χ3v) is 1.96. The van der Waals surface area contributed by atoms with Gasteiger partial charge in [-0.15, -0.1) is 0 Å². The molecule has 10 heteroatoms. The van der Waals surface area contributed by atoms with Crippen LogP contribution in [0, 0.1) is 20.2 Å². The molecule has 0 aliphatic rings. The first-order chi connectivity index (χ1) is 5.83. The van der Waals surface area contributed by atoms with E-state index in [1.165, 1.54) is 0 Å². The predicted octanol–water partition coefficient (Wildman–Crippen LogP) is 0.311. The summed E-state index contributed by atoms with van der Waals surface area (Å²) in [4.78, 5) is 17.8. The van der Waals surface area contributed by atoms with E-state index in [9.17, 15) is 24.8 Å². The summed E-state index contributed by atoms with van der Waals surface area (Å²) in [7, 11) is -3.68. The third kappa shape index (κ3) is 7.32. The van der Waals surface area contributed by atoms with Crippen LogP contribution in [0.25, 0.3) is 0 Å². The second-order valence-electron chi connectivity index (χ2n) is 1.95. The molecule has 9 nitrogen and oxygen atoms in total. The van der Waals surface area contributed by atoms with Gasteiger partial charge in [0.25, 0.3) is 0 Å². The Labute approximate surface area is 72.5 Å². The van der Waals surface area contributed by atoms with Gasteiger partial charge in [0.15, 0.2) is 0 Å². The number of hydrogen-bond acceptors (Lipinski definition) is 7. The van der Waals surface area contributed by atoms with Crippen molar-refractivity contribution >= 4 is 7.60 Å². The van der Waals surface area contributed by atoms with E-state index < -0.39 is 30.9 Å². The second-order valence-corrected chi connectivity index (χ2v) is 4.01. The lowest BCUT2D eigenvalue weighted by Crippen LogP contribution is -2.08. The van der Waals surface area contributed by atoms with Gasteiger partial charge in [-0.3, -0.25) is 24.8 Å². The van der Waals surface area contributed by atoms with Crippen molar-refractivity contribution in [1.29, 1.82) is 0 Å². The molecule has 0 rings (SSSR count). The standard InChI is InChI=1S/C3H7N2O7P/c1-13(10,11-2-4(6)7)12-3-5(8)9/h2-3H2,1H3. The second kappa shape index (κ2) is 4.85. The molecule has 0 atom stereocenters. The van der Waals surface area contributed by atoms with Crippen molar-refractivity contribution < 1.29 is 23.5 Å². The average Bonchev–Trinajstić information content (AvgIpc) is 1.98. The maximum absolute atomic E-state index is 11.0. The van der Waals surface area contributed by atoms with E-state index >= 15 is 0 Å². The van der Waals surface area contributed by atoms with Crippen molar-refractivity contribution in [3.05, 3.63) is 20.2 Å². The number of nitro groups is 2. The molecule has 0 saturated heterocycles. The van der Waals surface area contributed by atoms with Crippen LogP contribution in [0.4, 0.5) is 0 Å². The summed E-state index contributed by atoms with van der Waals surface area (Å²) < 4.78 is 19.3. The summed E-state index contributed by atoms with van der Waals surface area (Å²) in [6.45, 7) is -1.10. The van der Waals surface area contributed by atoms with Gasteiger partial charge in [-0.1, -0.05) is 0 Å². The van der Waals surface area contributed by atoms with Crippen LogP contribution < -0.4 is 0 Å². The van der Waals surface area contributed by atoms with Crippen molar-refractivity contribution in [3.8, 4) is 0 Å². The Morgan fingerprint density at radius 2 is 1.46 bits per heavy atom. The molecular weight excluding hydrogens is 207 g/mol. The lowest BCUT2D eigenvalue weighted by molar-refractivity contribution is -0.522. The molecular formula is C3H7N2O7P. The van der Waals surface area contributed by atoms with Crippen LogP contribution in [0.1, 0.15) is 0 Å². The Kier molecular flexibility index (Phi) is 4.46. The molecule has 0 aliphatic carbocycles. The fourth-order valence-corrected chi connectivity index (χ4v) is 1.02. The summed E-state index contributed by atoms with van der Waals surface area (Å²) in [6.07, 6.45) is 0. The van der Waals surface area contributed by atoms with Gasteiger partial charge in [0.1, 0.15) is 0 Å². The molecule has 0 aliphatic heterocycles. The Morgan fingerprint density at radius 1 is 1.15 bits per heavy atom. The molecule has 0 amide bonds. The lowest BCUT2D eigenvalue weighted by Gasteiger charge is -2.07. The molecule has 0 spiro atoms. The fraction of sp³-hybridized carbons (Fsp3) is 1.00. The SMILES string of the molecule is CP(=O)(OC[N+](=O)[O-])OC[N+](=O)[O-]. The van der Waals surface area contributed by atoms with Crippen LogP contribution in [0.15, 0.2) is 0 Å². The van der Waals surface area contributed by atoms with E-state index in [1.54, 1.807) is 0 Å². The largest absolute Gasteiger partial charge is 0.337 e. The smallest absolute Gasteiger partial charge is 0.262 e. The highest BCUT2D eigenvalue weighted by Gasteiger charge is 2.22. The zero-order chi connectivity index (χ0) is 10.5. The number of rotatable bonds is 6. The molecule has 0 bridgehead atoms. The molecule has 0 aromatic rings. The molecule has 13 heavy (non-hydrogen) atoms. The Hall–Kier alpha value is -1.05. The van der Waals surface area contributed by atoms with Crippen LogP contribution >= 0.6 is 7.60 Å². The van der Waals surface area contributed by atoms with Crippen molar-refractivity contribution in [1.82, 2.24) is 0 Å². The van der Waals surface area contributed by atoms with Crippen molar-refractivity contribution in [2.45, 2.75) is 0 Å². The molecule has 76 valence electrons. The molecule has 0 saturated carbocycles. The Morgan fingerprint density at radius 3 is 1.69 bits per heavy atom. The topological polar surface area (TPSA) is 122 Å². The van der Waals surface area contributed by atoms with Crippen molar-refractivity contribution in [2.24, 2.45) is 0 Å². The van der Waals surface area contributed by atoms with Crippen LogP contribution in [0.3, 0.4) is 0 Å². The Balaban J connectivity index is 3.87. The van der Waals surface area contributed by atoms with E-state index in [1.807, 2.05) is 0 Å². The molecule has 0 N–H and O–H groups in total. The first kappa shape index (κ1) is 11.9. The van der Waals surface area contributed by atoms with Crippen molar-refractivity contribution in [3.63, 3.8) is 0 Å². The number of hydrogen-bond donors (Lipinski definition) is 0. The zero-order valence-corrected chi connectivity index (χ0v) is 7.51. The minimum atomic E-state index is -3.68. The van der Waals surface area contributed by atoms with Gasteiger partial charge < -0.3 is 0 Å². The van der Waals surface area contributed by atoms with Crippen molar-refractivity contribution in [2.75, 3.05) is 20.1 Å². The third-order valence-electron chi connectivity index (χ3n) is 0.795. The minimum absolute atomic E-state index is 0.869. The van der Waals surface area contributed by atoms with E-state index in [2.05, 4.69) is 9.05 Å². The highest BCUT2D eigenvalue weighted by Crippen LogP contribution is 2.43. The predicted molar refractivity (Wildman–Crippen MR) is 39.4 cm³/mol. The average molecular weight is 214 g/mol. The molecule has 0 heterocycles. The first-order valence-corrected chi connectivity index (χ1v) is 4.92. The van der Waals surface area contributed by atoms with Gasteiger partial charge in [-0.05, 0) is 0 Å². The normalized spacial score (nSPS) is 11.2. The summed E-state index contributed by atoms with van der Waals surface area (Å²) in [5.41, 5.74) is 0. The van der Waals surface area contributed by atoms with Gasteiger partial charge in [-0.2, -0.15) is 0 Å².